The topological polar surface area (TPSA) is 49.4 Å². The van der Waals surface area contributed by atoms with Crippen molar-refractivity contribution in [2.24, 2.45) is 0 Å². The van der Waals surface area contributed by atoms with Crippen LogP contribution < -0.4 is 10.2 Å². The molecule has 0 atom stereocenters. The number of rotatable bonds is 2. The lowest BCUT2D eigenvalue weighted by molar-refractivity contribution is -0.113. The van der Waals surface area contributed by atoms with E-state index in [1.807, 2.05) is 31.2 Å². The van der Waals surface area contributed by atoms with Gasteiger partial charge in [0.1, 0.15) is 5.70 Å². The predicted octanol–water partition coefficient (Wildman–Crippen LogP) is 3.75. The summed E-state index contributed by atoms with van der Waals surface area (Å²) >= 11 is 5.92. The number of nitrogens with zero attached hydrogens (tertiary/aromatic N) is 1. The van der Waals surface area contributed by atoms with Crippen molar-refractivity contribution in [1.29, 1.82) is 0 Å². The summed E-state index contributed by atoms with van der Waals surface area (Å²) in [5.41, 5.74) is 2.67. The smallest absolute Gasteiger partial charge is 0.302 e. The maximum Gasteiger partial charge on any atom is 0.333 e. The fraction of sp³-hybridized carbons (Fsp3) is 0.0588. The summed E-state index contributed by atoms with van der Waals surface area (Å²) in [5, 5.41) is 3.06. The predicted molar refractivity (Wildman–Crippen MR) is 86.6 cm³/mol. The van der Waals surface area contributed by atoms with Gasteiger partial charge < -0.3 is 5.32 Å². The first kappa shape index (κ1) is 14.4. The average Bonchev–Trinajstić information content (AvgIpc) is 2.76. The van der Waals surface area contributed by atoms with Crippen molar-refractivity contribution in [1.82, 2.24) is 5.32 Å². The first-order valence-electron chi connectivity index (χ1n) is 6.74. The van der Waals surface area contributed by atoms with Crippen LogP contribution in [0, 0.1) is 6.92 Å². The van der Waals surface area contributed by atoms with Crippen molar-refractivity contribution in [3.05, 3.63) is 70.4 Å². The summed E-state index contributed by atoms with van der Waals surface area (Å²) in [6.07, 6.45) is 1.66. The number of hydrogen-bond acceptors (Lipinski definition) is 2. The summed E-state index contributed by atoms with van der Waals surface area (Å²) in [4.78, 5) is 25.6. The molecule has 2 aromatic rings. The molecule has 5 heteroatoms. The molecular formula is C17H13ClN2O2. The zero-order chi connectivity index (χ0) is 15.7. The van der Waals surface area contributed by atoms with Crippen LogP contribution in [0.1, 0.15) is 11.1 Å². The molecule has 3 rings (SSSR count). The van der Waals surface area contributed by atoms with E-state index < -0.39 is 11.9 Å². The van der Waals surface area contributed by atoms with Crippen LogP contribution in [0.5, 0.6) is 0 Å². The van der Waals surface area contributed by atoms with Gasteiger partial charge in [0.2, 0.25) is 0 Å². The van der Waals surface area contributed by atoms with Crippen LogP contribution in [-0.4, -0.2) is 11.9 Å². The van der Waals surface area contributed by atoms with Gasteiger partial charge in [0.05, 0.1) is 5.69 Å². The fourth-order valence-electron chi connectivity index (χ4n) is 2.21. The highest BCUT2D eigenvalue weighted by Crippen LogP contribution is 2.24. The molecule has 2 aromatic carbocycles. The van der Waals surface area contributed by atoms with Gasteiger partial charge in [-0.15, -0.1) is 0 Å². The van der Waals surface area contributed by atoms with Crippen molar-refractivity contribution >= 4 is 35.3 Å². The average molecular weight is 313 g/mol. The fourth-order valence-corrected chi connectivity index (χ4v) is 2.40. The molecule has 0 aromatic heterocycles. The van der Waals surface area contributed by atoms with E-state index in [0.29, 0.717) is 10.7 Å². The number of aryl methyl sites for hydroxylation is 1. The number of halogens is 1. The zero-order valence-corrected chi connectivity index (χ0v) is 12.6. The van der Waals surface area contributed by atoms with E-state index in [4.69, 9.17) is 11.6 Å². The van der Waals surface area contributed by atoms with Gasteiger partial charge >= 0.3 is 6.03 Å². The lowest BCUT2D eigenvalue weighted by atomic mass is 10.1. The second-order valence-electron chi connectivity index (χ2n) is 5.02. The molecule has 4 nitrogen and oxygen atoms in total. The second-order valence-corrected chi connectivity index (χ2v) is 5.46. The molecule has 3 amide bonds. The molecule has 0 saturated carbocycles. The summed E-state index contributed by atoms with van der Waals surface area (Å²) in [7, 11) is 0. The van der Waals surface area contributed by atoms with Gasteiger partial charge in [-0.1, -0.05) is 47.5 Å². The van der Waals surface area contributed by atoms with Crippen molar-refractivity contribution in [3.8, 4) is 0 Å². The quantitative estimate of drug-likeness (QED) is 0.678. The molecule has 1 aliphatic heterocycles. The zero-order valence-electron chi connectivity index (χ0n) is 11.8. The summed E-state index contributed by atoms with van der Waals surface area (Å²) in [6.45, 7) is 1.99. The normalized spacial score (nSPS) is 16.3. The summed E-state index contributed by atoms with van der Waals surface area (Å²) in [5.74, 6) is -0.396. The minimum Gasteiger partial charge on any atom is -0.302 e. The monoisotopic (exact) mass is 312 g/mol. The highest BCUT2D eigenvalue weighted by molar-refractivity contribution is 6.32. The van der Waals surface area contributed by atoms with Gasteiger partial charge in [0.15, 0.2) is 0 Å². The van der Waals surface area contributed by atoms with Gasteiger partial charge in [-0.2, -0.15) is 0 Å². The number of anilines is 1. The molecule has 1 aliphatic rings. The van der Waals surface area contributed by atoms with Crippen LogP contribution in [0.3, 0.4) is 0 Å². The number of carbonyl (C=O) groups is 2. The van der Waals surface area contributed by atoms with E-state index in [1.165, 1.54) is 0 Å². The van der Waals surface area contributed by atoms with Crippen LogP contribution in [0.4, 0.5) is 10.5 Å². The van der Waals surface area contributed by atoms with Gasteiger partial charge in [0.25, 0.3) is 5.91 Å². The molecule has 0 unspecified atom stereocenters. The highest BCUT2D eigenvalue weighted by atomic mass is 35.5. The first-order chi connectivity index (χ1) is 10.5. The minimum absolute atomic E-state index is 0.244. The largest absolute Gasteiger partial charge is 0.333 e. The Kier molecular flexibility index (Phi) is 3.69. The number of hydrogen-bond donors (Lipinski definition) is 1. The van der Waals surface area contributed by atoms with E-state index in [2.05, 4.69) is 5.32 Å². The summed E-state index contributed by atoms with van der Waals surface area (Å²) < 4.78 is 0. The molecule has 110 valence electrons. The second kappa shape index (κ2) is 5.66. The number of amides is 3. The maximum absolute atomic E-state index is 12.4. The van der Waals surface area contributed by atoms with Gasteiger partial charge in [-0.05, 0) is 36.8 Å². The molecule has 0 spiro atoms. The van der Waals surface area contributed by atoms with E-state index >= 15 is 0 Å². The van der Waals surface area contributed by atoms with Crippen LogP contribution in [0.15, 0.2) is 54.2 Å². The molecule has 0 bridgehead atoms. The minimum atomic E-state index is -0.481. The number of nitrogens with one attached hydrogen (secondary N) is 1. The third-order valence-corrected chi connectivity index (χ3v) is 3.57. The Balaban J connectivity index is 1.93. The number of carbonyl (C=O) groups excluding carboxylic acids is 2. The van der Waals surface area contributed by atoms with Gasteiger partial charge in [-0.3, -0.25) is 4.79 Å². The van der Waals surface area contributed by atoms with Gasteiger partial charge in [0, 0.05) is 5.02 Å². The highest BCUT2D eigenvalue weighted by Gasteiger charge is 2.34. The van der Waals surface area contributed by atoms with Crippen molar-refractivity contribution in [2.45, 2.75) is 6.92 Å². The van der Waals surface area contributed by atoms with Crippen LogP contribution in [0.2, 0.25) is 5.02 Å². The third kappa shape index (κ3) is 2.73. The molecule has 0 radical (unpaired) electrons. The SMILES string of the molecule is Cc1ccc(/C=C2\NC(=O)N(c3cccc(Cl)c3)C2=O)cc1. The number of imide groups is 1. The molecular weight excluding hydrogens is 300 g/mol. The van der Waals surface area contributed by atoms with Crippen LogP contribution >= 0.6 is 11.6 Å². The Hall–Kier alpha value is -2.59. The van der Waals surface area contributed by atoms with Crippen molar-refractivity contribution in [3.63, 3.8) is 0 Å². The molecule has 1 fully saturated rings. The Labute approximate surface area is 133 Å². The third-order valence-electron chi connectivity index (χ3n) is 3.33. The van der Waals surface area contributed by atoms with Crippen LogP contribution in [0.25, 0.3) is 6.08 Å². The van der Waals surface area contributed by atoms with Crippen molar-refractivity contribution < 1.29 is 9.59 Å². The Bertz CT molecular complexity index is 782. The Morgan fingerprint density at radius 1 is 1.09 bits per heavy atom. The standard InChI is InChI=1S/C17H13ClN2O2/c1-11-5-7-12(8-6-11)9-15-16(21)20(17(22)19-15)14-4-2-3-13(18)10-14/h2-10H,1H3,(H,19,22)/b15-9-. The molecule has 0 aliphatic carbocycles. The Morgan fingerprint density at radius 3 is 2.50 bits per heavy atom. The van der Waals surface area contributed by atoms with E-state index in [0.717, 1.165) is 16.0 Å². The number of urea groups is 1. The van der Waals surface area contributed by atoms with E-state index in [-0.39, 0.29) is 5.70 Å². The van der Waals surface area contributed by atoms with Crippen molar-refractivity contribution in [2.75, 3.05) is 4.90 Å². The lowest BCUT2D eigenvalue weighted by Gasteiger charge is -2.11. The van der Waals surface area contributed by atoms with Crippen LogP contribution in [-0.2, 0) is 4.79 Å². The van der Waals surface area contributed by atoms with Gasteiger partial charge in [-0.25, -0.2) is 9.69 Å². The molecule has 1 saturated heterocycles. The molecule has 1 heterocycles. The molecule has 1 N–H and O–H groups in total. The van der Waals surface area contributed by atoms with E-state index in [1.54, 1.807) is 30.3 Å². The lowest BCUT2D eigenvalue weighted by Crippen LogP contribution is -2.30. The number of benzene rings is 2. The first-order valence-corrected chi connectivity index (χ1v) is 7.12. The van der Waals surface area contributed by atoms with E-state index in [9.17, 15) is 9.59 Å². The Morgan fingerprint density at radius 2 is 1.82 bits per heavy atom. The maximum atomic E-state index is 12.4. The molecule has 22 heavy (non-hydrogen) atoms. The summed E-state index contributed by atoms with van der Waals surface area (Å²) in [6, 6.07) is 13.8.